The minimum absolute atomic E-state index is 0.590. The van der Waals surface area contributed by atoms with Gasteiger partial charge in [0.25, 0.3) is 0 Å². The molecule has 1 aromatic rings. The lowest BCUT2D eigenvalue weighted by molar-refractivity contribution is 0.801. The van der Waals surface area contributed by atoms with E-state index < -0.39 is 0 Å². The molecule has 1 aliphatic heterocycles. The van der Waals surface area contributed by atoms with Crippen LogP contribution in [0.1, 0.15) is 42.3 Å². The zero-order chi connectivity index (χ0) is 10.1. The molecule has 14 heavy (non-hydrogen) atoms. The first-order valence-corrected chi connectivity index (χ1v) is 6.39. The van der Waals surface area contributed by atoms with E-state index in [0.717, 1.165) is 18.7 Å². The largest absolute Gasteiger partial charge is 0.361 e. The van der Waals surface area contributed by atoms with Crippen LogP contribution in [0, 0.1) is 0 Å². The van der Waals surface area contributed by atoms with Crippen molar-refractivity contribution in [3.63, 3.8) is 0 Å². The molecule has 2 heterocycles. The maximum absolute atomic E-state index is 5.66. The Balaban J connectivity index is 2.40. The SMILES string of the molecule is CC(C)c1[nH]c2c(c1CCN)CSC2. The van der Waals surface area contributed by atoms with Crippen LogP contribution in [0.5, 0.6) is 0 Å². The lowest BCUT2D eigenvalue weighted by Crippen LogP contribution is -2.06. The molecular weight excluding hydrogens is 192 g/mol. The van der Waals surface area contributed by atoms with E-state index >= 15 is 0 Å². The van der Waals surface area contributed by atoms with Crippen molar-refractivity contribution in [2.45, 2.75) is 37.7 Å². The summed E-state index contributed by atoms with van der Waals surface area (Å²) >= 11 is 2.00. The molecule has 0 fully saturated rings. The molecule has 0 saturated carbocycles. The number of rotatable bonds is 3. The third-order valence-corrected chi connectivity index (χ3v) is 3.79. The van der Waals surface area contributed by atoms with Gasteiger partial charge in [0, 0.05) is 22.9 Å². The number of aromatic nitrogens is 1. The highest BCUT2D eigenvalue weighted by molar-refractivity contribution is 7.98. The number of thioether (sulfide) groups is 1. The monoisotopic (exact) mass is 210 g/mol. The molecule has 3 heteroatoms. The quantitative estimate of drug-likeness (QED) is 0.804. The minimum Gasteiger partial charge on any atom is -0.361 e. The fraction of sp³-hybridized carbons (Fsp3) is 0.636. The Morgan fingerprint density at radius 3 is 2.86 bits per heavy atom. The van der Waals surface area contributed by atoms with Gasteiger partial charge in [0.15, 0.2) is 0 Å². The molecule has 0 spiro atoms. The minimum atomic E-state index is 0.590. The van der Waals surface area contributed by atoms with Gasteiger partial charge in [-0.2, -0.15) is 11.8 Å². The first-order valence-electron chi connectivity index (χ1n) is 5.24. The first-order chi connectivity index (χ1) is 6.74. The third kappa shape index (κ3) is 1.59. The molecule has 3 N–H and O–H groups in total. The van der Waals surface area contributed by atoms with Gasteiger partial charge in [-0.25, -0.2) is 0 Å². The predicted octanol–water partition coefficient (Wildman–Crippen LogP) is 2.39. The Hall–Kier alpha value is -0.410. The van der Waals surface area contributed by atoms with E-state index in [0.29, 0.717) is 5.92 Å². The summed E-state index contributed by atoms with van der Waals surface area (Å²) in [6.45, 7) is 5.25. The van der Waals surface area contributed by atoms with Crippen LogP contribution in [0.25, 0.3) is 0 Å². The molecule has 0 aromatic carbocycles. The highest BCUT2D eigenvalue weighted by atomic mass is 32.2. The van der Waals surface area contributed by atoms with Gasteiger partial charge in [-0.05, 0) is 30.0 Å². The van der Waals surface area contributed by atoms with Crippen LogP contribution >= 0.6 is 11.8 Å². The molecule has 0 atom stereocenters. The van der Waals surface area contributed by atoms with Crippen LogP contribution in [0.4, 0.5) is 0 Å². The van der Waals surface area contributed by atoms with E-state index in [9.17, 15) is 0 Å². The van der Waals surface area contributed by atoms with E-state index in [-0.39, 0.29) is 0 Å². The summed E-state index contributed by atoms with van der Waals surface area (Å²) < 4.78 is 0. The Morgan fingerprint density at radius 1 is 1.43 bits per heavy atom. The van der Waals surface area contributed by atoms with Gasteiger partial charge in [-0.1, -0.05) is 13.8 Å². The van der Waals surface area contributed by atoms with Gasteiger partial charge in [-0.15, -0.1) is 0 Å². The smallest absolute Gasteiger partial charge is 0.0342 e. The van der Waals surface area contributed by atoms with Crippen molar-refractivity contribution in [3.8, 4) is 0 Å². The number of H-pyrrole nitrogens is 1. The summed E-state index contributed by atoms with van der Waals surface area (Å²) in [5, 5.41) is 0. The van der Waals surface area contributed by atoms with Crippen molar-refractivity contribution in [2.24, 2.45) is 5.73 Å². The number of hydrogen-bond donors (Lipinski definition) is 2. The van der Waals surface area contributed by atoms with Crippen molar-refractivity contribution in [1.82, 2.24) is 4.98 Å². The Bertz CT molecular complexity index is 328. The molecule has 0 radical (unpaired) electrons. The van der Waals surface area contributed by atoms with E-state index in [4.69, 9.17) is 5.73 Å². The van der Waals surface area contributed by atoms with Crippen molar-refractivity contribution < 1.29 is 0 Å². The Labute approximate surface area is 89.7 Å². The number of aromatic amines is 1. The summed E-state index contributed by atoms with van der Waals surface area (Å²) in [5.74, 6) is 2.92. The lowest BCUT2D eigenvalue weighted by atomic mass is 10.0. The molecular formula is C11H18N2S. The Kier molecular flexibility index (Phi) is 2.88. The van der Waals surface area contributed by atoms with Crippen LogP contribution in [-0.4, -0.2) is 11.5 Å². The number of fused-ring (bicyclic) bond motifs is 1. The normalized spacial score (nSPS) is 15.1. The highest BCUT2D eigenvalue weighted by Crippen LogP contribution is 2.36. The second-order valence-electron chi connectivity index (χ2n) is 4.16. The summed E-state index contributed by atoms with van der Waals surface area (Å²) in [5.41, 5.74) is 11.6. The second-order valence-corrected chi connectivity index (χ2v) is 5.15. The van der Waals surface area contributed by atoms with Gasteiger partial charge < -0.3 is 10.7 Å². The zero-order valence-electron chi connectivity index (χ0n) is 8.89. The van der Waals surface area contributed by atoms with Gasteiger partial charge in [0.2, 0.25) is 0 Å². The summed E-state index contributed by atoms with van der Waals surface area (Å²) in [6, 6.07) is 0. The van der Waals surface area contributed by atoms with Gasteiger partial charge >= 0.3 is 0 Å². The molecule has 1 aliphatic rings. The van der Waals surface area contributed by atoms with Gasteiger partial charge in [-0.3, -0.25) is 0 Å². The van der Waals surface area contributed by atoms with Crippen molar-refractivity contribution in [3.05, 3.63) is 22.5 Å². The molecule has 0 saturated heterocycles. The van der Waals surface area contributed by atoms with Gasteiger partial charge in [0.05, 0.1) is 0 Å². The number of nitrogens with two attached hydrogens (primary N) is 1. The van der Waals surface area contributed by atoms with Crippen molar-refractivity contribution in [2.75, 3.05) is 6.54 Å². The first kappa shape index (κ1) is 10.1. The average Bonchev–Trinajstić information content (AvgIpc) is 2.67. The molecule has 0 bridgehead atoms. The molecule has 78 valence electrons. The number of hydrogen-bond acceptors (Lipinski definition) is 2. The highest BCUT2D eigenvalue weighted by Gasteiger charge is 2.22. The average molecular weight is 210 g/mol. The summed E-state index contributed by atoms with van der Waals surface area (Å²) in [7, 11) is 0. The molecule has 0 amide bonds. The fourth-order valence-corrected chi connectivity index (χ4v) is 3.24. The molecule has 2 nitrogen and oxygen atoms in total. The summed E-state index contributed by atoms with van der Waals surface area (Å²) in [6.07, 6.45) is 1.03. The summed E-state index contributed by atoms with van der Waals surface area (Å²) in [4.78, 5) is 3.57. The van der Waals surface area contributed by atoms with Crippen LogP contribution in [0.3, 0.4) is 0 Å². The third-order valence-electron chi connectivity index (χ3n) is 2.80. The van der Waals surface area contributed by atoms with Crippen LogP contribution < -0.4 is 5.73 Å². The zero-order valence-corrected chi connectivity index (χ0v) is 9.71. The topological polar surface area (TPSA) is 41.8 Å². The molecule has 0 aliphatic carbocycles. The lowest BCUT2D eigenvalue weighted by Gasteiger charge is -2.08. The fourth-order valence-electron chi connectivity index (χ4n) is 2.13. The van der Waals surface area contributed by atoms with E-state index in [1.54, 1.807) is 5.56 Å². The standard InChI is InChI=1S/C11H18N2S/c1-7(2)11-8(3-4-12)9-5-14-6-10(9)13-11/h7,13H,3-6,12H2,1-2H3. The number of nitrogens with one attached hydrogen (secondary N) is 1. The van der Waals surface area contributed by atoms with E-state index in [1.807, 2.05) is 11.8 Å². The molecule has 2 rings (SSSR count). The molecule has 0 unspecified atom stereocenters. The predicted molar refractivity (Wildman–Crippen MR) is 62.6 cm³/mol. The van der Waals surface area contributed by atoms with Crippen molar-refractivity contribution >= 4 is 11.8 Å². The van der Waals surface area contributed by atoms with Crippen LogP contribution in [0.15, 0.2) is 0 Å². The van der Waals surface area contributed by atoms with E-state index in [2.05, 4.69) is 18.8 Å². The van der Waals surface area contributed by atoms with Crippen LogP contribution in [-0.2, 0) is 17.9 Å². The van der Waals surface area contributed by atoms with Gasteiger partial charge in [0.1, 0.15) is 0 Å². The van der Waals surface area contributed by atoms with Crippen LogP contribution in [0.2, 0.25) is 0 Å². The Morgan fingerprint density at radius 2 is 2.21 bits per heavy atom. The molecule has 1 aromatic heterocycles. The van der Waals surface area contributed by atoms with E-state index in [1.165, 1.54) is 22.7 Å². The maximum atomic E-state index is 5.66. The van der Waals surface area contributed by atoms with Crippen molar-refractivity contribution in [1.29, 1.82) is 0 Å². The maximum Gasteiger partial charge on any atom is 0.0342 e. The second kappa shape index (κ2) is 3.99.